The molecule has 3 aromatic rings. The summed E-state index contributed by atoms with van der Waals surface area (Å²) in [6.45, 7) is 16.6. The topological polar surface area (TPSA) is 376 Å². The fourth-order valence-corrected chi connectivity index (χ4v) is 9.84. The number of unbranched alkanes of at least 4 members (excludes halogenated alkanes) is 2. The summed E-state index contributed by atoms with van der Waals surface area (Å²) in [5.74, 6) is -2.55. The molecule has 0 bridgehead atoms. The van der Waals surface area contributed by atoms with Gasteiger partial charge in [0.1, 0.15) is 17.8 Å². The van der Waals surface area contributed by atoms with Gasteiger partial charge in [0.25, 0.3) is 0 Å². The lowest BCUT2D eigenvalue weighted by molar-refractivity contribution is -0.135. The summed E-state index contributed by atoms with van der Waals surface area (Å²) in [5.41, 5.74) is 22.4. The third-order valence-corrected chi connectivity index (χ3v) is 14.7. The summed E-state index contributed by atoms with van der Waals surface area (Å²) in [6.07, 6.45) is 4.61. The summed E-state index contributed by atoms with van der Waals surface area (Å²) in [7, 11) is 0. The Morgan fingerprint density at radius 3 is 1.76 bits per heavy atom. The Kier molecular flexibility index (Phi) is 36.7. The maximum atomic E-state index is 13.6. The van der Waals surface area contributed by atoms with Crippen LogP contribution in [0.3, 0.4) is 0 Å². The maximum Gasteiger partial charge on any atom is 0.312 e. The number of carbonyl (C=O) groups is 8. The highest BCUT2D eigenvalue weighted by Crippen LogP contribution is 2.41. The second kappa shape index (κ2) is 43.7. The summed E-state index contributed by atoms with van der Waals surface area (Å²) in [4.78, 5) is 104. The van der Waals surface area contributed by atoms with E-state index in [4.69, 9.17) is 45.6 Å². The first-order chi connectivity index (χ1) is 43.8. The fourth-order valence-electron chi connectivity index (χ4n) is 9.84. The number of amides is 8. The molecule has 0 spiro atoms. The van der Waals surface area contributed by atoms with Crippen LogP contribution in [-0.2, 0) is 75.1 Å². The number of para-hydroxylation sites is 1. The monoisotopic (exact) mass is 1280 g/mol. The largest absolute Gasteiger partial charge is 0.379 e. The average molecular weight is 1280 g/mol. The predicted octanol–water partition coefficient (Wildman–Crippen LogP) is 3.03. The Morgan fingerprint density at radius 2 is 1.14 bits per heavy atom. The van der Waals surface area contributed by atoms with Gasteiger partial charge in [-0.25, -0.2) is 9.48 Å². The number of aryl methyl sites for hydroxylation is 1. The lowest BCUT2D eigenvalue weighted by Gasteiger charge is -2.29. The highest BCUT2D eigenvalue weighted by Gasteiger charge is 2.33. The molecule has 12 N–H and O–H groups in total. The molecule has 91 heavy (non-hydrogen) atoms. The molecule has 0 saturated carbocycles. The standard InChI is InChI=1S/C64H103N13O14/c1-44(2)42-56(80)76-43-47-16-7-8-17-48(47)58-59(49-18-9-10-22-53(49)76)77(75-74-58)29-14-12-19-50(66)61(82)69-28-33-89-37-41-90-38-34-86-30-23-54(78)68-27-32-88-36-40-91-39-35-87-31-24-55(79)71-52(20-11-13-25-65)62(83)73-57(45(3)4)63(84)72-51(60(81)46(5)6)21-15-26-70-64(67)85/h7-10,16-18,22,44-46,50-52,57H,11-15,19-21,23-43,65-66H2,1-6H3,(H,68,78)(H,69,82)(H,71,79)(H,72,84)(H,73,83)(H3,67,70,85). The molecule has 1 aromatic heterocycles. The SMILES string of the molecule is CC(C)CC(=O)N1Cc2ccccc2-c2nnn(CCCCC(N)C(=O)NCCOCCOCCOCCC(=O)NCCOCCOCCOCCC(=O)NC(CCCCN)C(=O)NC(C(=O)NC(CCCNC(N)=O)C(=O)C(C)C)C(C)C)c2-c2ccccc21. The number of anilines is 1. The van der Waals surface area contributed by atoms with E-state index >= 15 is 0 Å². The molecule has 2 heterocycles. The summed E-state index contributed by atoms with van der Waals surface area (Å²) in [6, 6.07) is 11.8. The molecule has 0 radical (unpaired) electrons. The van der Waals surface area contributed by atoms with Crippen molar-refractivity contribution >= 4 is 52.9 Å². The lowest BCUT2D eigenvalue weighted by atomic mass is 9.95. The third-order valence-electron chi connectivity index (χ3n) is 14.7. The van der Waals surface area contributed by atoms with Gasteiger partial charge >= 0.3 is 6.03 Å². The second-order valence-electron chi connectivity index (χ2n) is 23.4. The van der Waals surface area contributed by atoms with E-state index in [1.54, 1.807) is 27.7 Å². The number of primary amides is 1. The Morgan fingerprint density at radius 1 is 0.571 bits per heavy atom. The number of fused-ring (bicyclic) bond motifs is 5. The van der Waals surface area contributed by atoms with Crippen LogP contribution >= 0.6 is 0 Å². The number of rotatable bonds is 48. The van der Waals surface area contributed by atoms with Crippen LogP contribution in [-0.4, -0.2) is 192 Å². The number of ether oxygens (including phenoxy) is 6. The Balaban J connectivity index is 0.963. The molecule has 0 saturated heterocycles. The van der Waals surface area contributed by atoms with Gasteiger partial charge in [0.15, 0.2) is 5.78 Å². The van der Waals surface area contributed by atoms with Gasteiger partial charge in [0.2, 0.25) is 35.4 Å². The van der Waals surface area contributed by atoms with E-state index in [2.05, 4.69) is 42.2 Å². The van der Waals surface area contributed by atoms with Crippen LogP contribution in [0.5, 0.6) is 0 Å². The first-order valence-electron chi connectivity index (χ1n) is 32.2. The zero-order chi connectivity index (χ0) is 66.3. The van der Waals surface area contributed by atoms with Gasteiger partial charge in [-0.3, -0.25) is 33.6 Å². The number of carbonyl (C=O) groups excluding carboxylic acids is 8. The van der Waals surface area contributed by atoms with Gasteiger partial charge < -0.3 is 82.4 Å². The van der Waals surface area contributed by atoms with Gasteiger partial charge in [-0.1, -0.05) is 89.2 Å². The number of nitrogens with two attached hydrogens (primary N) is 3. The van der Waals surface area contributed by atoms with E-state index in [0.717, 1.165) is 33.8 Å². The molecule has 4 atom stereocenters. The molecule has 8 amide bonds. The number of urea groups is 1. The summed E-state index contributed by atoms with van der Waals surface area (Å²) >= 11 is 0. The summed E-state index contributed by atoms with van der Waals surface area (Å²) < 4.78 is 35.2. The number of nitrogens with one attached hydrogen (secondary N) is 6. The zero-order valence-electron chi connectivity index (χ0n) is 54.4. The quantitative estimate of drug-likeness (QED) is 0.0367. The number of hydrogen-bond acceptors (Lipinski definition) is 18. The minimum Gasteiger partial charge on any atom is -0.379 e. The minimum atomic E-state index is -0.996. The average Bonchev–Trinajstić information content (AvgIpc) is 1.73. The molecule has 1 aliphatic rings. The molecule has 1 aliphatic heterocycles. The number of hydrogen-bond donors (Lipinski definition) is 9. The zero-order valence-corrected chi connectivity index (χ0v) is 54.4. The molecule has 0 fully saturated rings. The van der Waals surface area contributed by atoms with Gasteiger partial charge in [0.05, 0.1) is 109 Å². The number of benzene rings is 2. The smallest absolute Gasteiger partial charge is 0.312 e. The minimum absolute atomic E-state index is 0.0206. The van der Waals surface area contributed by atoms with E-state index in [1.807, 2.05) is 72.0 Å². The van der Waals surface area contributed by atoms with Crippen molar-refractivity contribution in [2.75, 3.05) is 110 Å². The van der Waals surface area contributed by atoms with Crippen LogP contribution in [0.4, 0.5) is 10.5 Å². The molecule has 4 unspecified atom stereocenters. The van der Waals surface area contributed by atoms with Crippen molar-refractivity contribution in [3.63, 3.8) is 0 Å². The Bertz CT molecular complexity index is 2690. The van der Waals surface area contributed by atoms with E-state index in [-0.39, 0.29) is 93.5 Å². The molecule has 2 aromatic carbocycles. The second-order valence-corrected chi connectivity index (χ2v) is 23.4. The molecule has 0 aliphatic carbocycles. The van der Waals surface area contributed by atoms with Crippen LogP contribution in [0, 0.1) is 17.8 Å². The highest BCUT2D eigenvalue weighted by atomic mass is 16.5. The molecular formula is C64H103N13O14. The van der Waals surface area contributed by atoms with Crippen molar-refractivity contribution in [3.05, 3.63) is 54.1 Å². The van der Waals surface area contributed by atoms with Crippen LogP contribution in [0.25, 0.3) is 22.5 Å². The van der Waals surface area contributed by atoms with Crippen LogP contribution in [0.1, 0.15) is 118 Å². The highest BCUT2D eigenvalue weighted by molar-refractivity contribution is 6.00. The van der Waals surface area contributed by atoms with E-state index in [0.29, 0.717) is 137 Å². The van der Waals surface area contributed by atoms with Gasteiger partial charge in [-0.2, -0.15) is 0 Å². The van der Waals surface area contributed by atoms with Crippen molar-refractivity contribution in [1.29, 1.82) is 0 Å². The molecule has 27 heteroatoms. The van der Waals surface area contributed by atoms with Crippen molar-refractivity contribution in [2.24, 2.45) is 35.0 Å². The van der Waals surface area contributed by atoms with Crippen molar-refractivity contribution in [1.82, 2.24) is 46.9 Å². The molecule has 27 nitrogen and oxygen atoms in total. The summed E-state index contributed by atoms with van der Waals surface area (Å²) in [5, 5.41) is 25.6. The number of ketones is 1. The van der Waals surface area contributed by atoms with Gasteiger partial charge in [0, 0.05) is 62.5 Å². The lowest BCUT2D eigenvalue weighted by Crippen LogP contribution is -2.57. The Labute approximate surface area is 536 Å². The van der Waals surface area contributed by atoms with Crippen molar-refractivity contribution < 1.29 is 66.8 Å². The van der Waals surface area contributed by atoms with E-state index in [1.165, 1.54) is 0 Å². The van der Waals surface area contributed by atoms with Crippen LogP contribution in [0.2, 0.25) is 0 Å². The molecule has 508 valence electrons. The first kappa shape index (κ1) is 76.5. The molecule has 4 rings (SSSR count). The molecular weight excluding hydrogens is 1170 g/mol. The fraction of sp³-hybridized carbons (Fsp3) is 0.656. The van der Waals surface area contributed by atoms with Gasteiger partial charge in [-0.15, -0.1) is 5.10 Å². The number of Topliss-reactive ketones (excluding diaryl/α,β-unsaturated/α-hetero) is 1. The van der Waals surface area contributed by atoms with Gasteiger partial charge in [-0.05, 0) is 81.4 Å². The van der Waals surface area contributed by atoms with Crippen LogP contribution < -0.4 is 54.0 Å². The maximum absolute atomic E-state index is 13.6. The van der Waals surface area contributed by atoms with Crippen molar-refractivity contribution in [3.8, 4) is 22.5 Å². The van der Waals surface area contributed by atoms with Crippen LogP contribution in [0.15, 0.2) is 48.5 Å². The predicted molar refractivity (Wildman–Crippen MR) is 344 cm³/mol. The number of aromatic nitrogens is 3. The van der Waals surface area contributed by atoms with Crippen molar-refractivity contribution in [2.45, 2.75) is 149 Å². The normalized spacial score (nSPS) is 13.2. The van der Waals surface area contributed by atoms with E-state index in [9.17, 15) is 38.4 Å². The number of nitrogens with zero attached hydrogens (tertiary/aromatic N) is 4. The first-order valence-corrected chi connectivity index (χ1v) is 32.2. The Hall–Kier alpha value is -6.98. The third kappa shape index (κ3) is 29.0. The van der Waals surface area contributed by atoms with E-state index < -0.39 is 47.9 Å².